The van der Waals surface area contributed by atoms with Crippen molar-refractivity contribution in [2.24, 2.45) is 17.8 Å². The molecule has 2 aromatic carbocycles. The van der Waals surface area contributed by atoms with Crippen LogP contribution in [0.1, 0.15) is 63.4 Å². The Morgan fingerprint density at radius 1 is 0.836 bits per heavy atom. The summed E-state index contributed by atoms with van der Waals surface area (Å²) >= 11 is 0. The van der Waals surface area contributed by atoms with Crippen LogP contribution in [0.3, 0.4) is 0 Å². The molecule has 2 aromatic rings. The Hall–Kier alpha value is -3.26. The molecule has 0 bridgehead atoms. The summed E-state index contributed by atoms with van der Waals surface area (Å²) in [6.07, 6.45) is 7.06. The fraction of sp³-hybridized carbons (Fsp3) is 0.667. The summed E-state index contributed by atoms with van der Waals surface area (Å²) in [7, 11) is 1.07. The first kappa shape index (κ1) is 40.0. The molecule has 0 aromatic heterocycles. The van der Waals surface area contributed by atoms with E-state index in [4.69, 9.17) is 14.2 Å². The number of methoxy groups -OCH3 is 3. The van der Waals surface area contributed by atoms with Gasteiger partial charge in [-0.3, -0.25) is 4.79 Å². The van der Waals surface area contributed by atoms with Crippen molar-refractivity contribution in [2.45, 2.75) is 78.9 Å². The summed E-state index contributed by atoms with van der Waals surface area (Å²) in [6.45, 7) is 7.82. The molecule has 11 nitrogen and oxygen atoms in total. The number of halogens is 1. The molecule has 3 atom stereocenters. The van der Waals surface area contributed by atoms with E-state index in [1.165, 1.54) is 20.6 Å². The third kappa shape index (κ3) is 8.13. The molecule has 1 amide bonds. The van der Waals surface area contributed by atoms with Gasteiger partial charge < -0.3 is 33.8 Å². The number of carbonyl (C=O) groups excluding carboxylic acids is 2. The van der Waals surface area contributed by atoms with Gasteiger partial charge in [0.15, 0.2) is 9.84 Å². The first-order chi connectivity index (χ1) is 26.5. The third-order valence-electron chi connectivity index (χ3n) is 13.8. The van der Waals surface area contributed by atoms with Crippen LogP contribution in [-0.2, 0) is 34.3 Å². The zero-order valence-electron chi connectivity index (χ0n) is 32.8. The molecular formula is C42H59FN4O7S. The fourth-order valence-electron chi connectivity index (χ4n) is 10.7. The van der Waals surface area contributed by atoms with Crippen LogP contribution in [-0.4, -0.2) is 133 Å². The number of nitrogens with zero attached hydrogens (tertiary/aromatic N) is 4. The second-order valence-corrected chi connectivity index (χ2v) is 19.0. The smallest absolute Gasteiger partial charge is 0.409 e. The lowest BCUT2D eigenvalue weighted by Crippen LogP contribution is -2.68. The van der Waals surface area contributed by atoms with Gasteiger partial charge in [0.2, 0.25) is 0 Å². The molecule has 4 aliphatic heterocycles. The second-order valence-electron chi connectivity index (χ2n) is 16.7. The van der Waals surface area contributed by atoms with Crippen molar-refractivity contribution in [1.29, 1.82) is 0 Å². The number of sulfone groups is 1. The number of rotatable bonds is 13. The monoisotopic (exact) mass is 782 g/mol. The number of ether oxygens (including phenoxy) is 3. The molecule has 55 heavy (non-hydrogen) atoms. The molecule has 1 aliphatic carbocycles. The number of hydrogen-bond acceptors (Lipinski definition) is 10. The van der Waals surface area contributed by atoms with Crippen LogP contribution < -0.4 is 4.90 Å². The number of likely N-dealkylation sites (tertiary alicyclic amines) is 3. The lowest BCUT2D eigenvalue weighted by Gasteiger charge is -2.55. The van der Waals surface area contributed by atoms with Crippen LogP contribution in [0, 0.1) is 23.6 Å². The minimum absolute atomic E-state index is 0.154. The zero-order chi connectivity index (χ0) is 38.8. The number of carbonyl (C=O) groups is 2. The van der Waals surface area contributed by atoms with Gasteiger partial charge in [0.25, 0.3) is 0 Å². The maximum absolute atomic E-state index is 15.1. The average Bonchev–Trinajstić information content (AvgIpc) is 3.64. The van der Waals surface area contributed by atoms with Crippen molar-refractivity contribution in [3.05, 3.63) is 59.9 Å². The van der Waals surface area contributed by atoms with E-state index >= 15 is 4.39 Å². The van der Waals surface area contributed by atoms with E-state index in [-0.39, 0.29) is 34.6 Å². The second kappa shape index (κ2) is 16.7. The number of piperidine rings is 2. The van der Waals surface area contributed by atoms with Crippen LogP contribution in [0.25, 0.3) is 0 Å². The van der Waals surface area contributed by atoms with Gasteiger partial charge in [0.1, 0.15) is 11.4 Å². The Labute approximate surface area is 326 Å². The van der Waals surface area contributed by atoms with Crippen molar-refractivity contribution in [3.8, 4) is 0 Å². The molecule has 302 valence electrons. The van der Waals surface area contributed by atoms with Gasteiger partial charge in [0.05, 0.1) is 37.5 Å². The van der Waals surface area contributed by atoms with Gasteiger partial charge in [-0.15, -0.1) is 0 Å². The van der Waals surface area contributed by atoms with Crippen molar-refractivity contribution >= 4 is 27.6 Å². The minimum atomic E-state index is -3.52. The summed E-state index contributed by atoms with van der Waals surface area (Å²) in [5.74, 6) is 0.487. The topological polar surface area (TPSA) is 109 Å². The predicted octanol–water partition coefficient (Wildman–Crippen LogP) is 5.37. The van der Waals surface area contributed by atoms with Gasteiger partial charge in [-0.2, -0.15) is 0 Å². The van der Waals surface area contributed by atoms with Crippen molar-refractivity contribution in [1.82, 2.24) is 14.7 Å². The largest absolute Gasteiger partial charge is 0.469 e. The quantitative estimate of drug-likeness (QED) is 0.246. The Morgan fingerprint density at radius 2 is 1.55 bits per heavy atom. The van der Waals surface area contributed by atoms with E-state index in [2.05, 4.69) is 20.8 Å². The van der Waals surface area contributed by atoms with Gasteiger partial charge in [0, 0.05) is 50.8 Å². The summed E-state index contributed by atoms with van der Waals surface area (Å²) < 4.78 is 58.1. The van der Waals surface area contributed by atoms with Crippen LogP contribution in [0.4, 0.5) is 14.9 Å². The van der Waals surface area contributed by atoms with Crippen LogP contribution in [0.15, 0.2) is 53.4 Å². The standard InChI is InChI=1S/C42H59FN4O7S/c1-52-39(48)25-31-7-4-10-38(31)42(30-44-19-6-20-44,33-8-5-9-34(43)26-33)32-15-21-45(22-16-32)27-41(54-3)28-47(29-41)35-11-13-36(14-12-35)55(50,51)37-17-23-46(24-18-37)40(49)53-2/h5,8-9,11-14,26,31-32,37-38H,4,6-7,10,15-25,27-30H2,1-3H3/t31-,38+,42+/m1/s1. The lowest BCUT2D eigenvalue weighted by molar-refractivity contribution is -0.142. The molecule has 4 heterocycles. The first-order valence-electron chi connectivity index (χ1n) is 20.2. The summed E-state index contributed by atoms with van der Waals surface area (Å²) in [6, 6.07) is 14.5. The molecule has 1 saturated carbocycles. The van der Waals surface area contributed by atoms with Crippen LogP contribution in [0.2, 0.25) is 0 Å². The highest BCUT2D eigenvalue weighted by Crippen LogP contribution is 2.54. The molecule has 5 aliphatic rings. The Morgan fingerprint density at radius 3 is 2.15 bits per heavy atom. The van der Waals surface area contributed by atoms with E-state index in [0.29, 0.717) is 56.3 Å². The number of anilines is 1. The maximum Gasteiger partial charge on any atom is 0.409 e. The normalized spacial score (nSPS) is 25.2. The number of benzene rings is 2. The molecule has 0 radical (unpaired) electrons. The van der Waals surface area contributed by atoms with E-state index < -0.39 is 21.2 Å². The summed E-state index contributed by atoms with van der Waals surface area (Å²) in [5, 5.41) is -0.525. The van der Waals surface area contributed by atoms with Crippen molar-refractivity contribution < 1.29 is 36.6 Å². The van der Waals surface area contributed by atoms with Crippen LogP contribution >= 0.6 is 0 Å². The van der Waals surface area contributed by atoms with Crippen molar-refractivity contribution in [3.63, 3.8) is 0 Å². The molecule has 13 heteroatoms. The Bertz CT molecular complexity index is 1750. The maximum atomic E-state index is 15.1. The average molecular weight is 783 g/mol. The zero-order valence-corrected chi connectivity index (χ0v) is 33.6. The number of amides is 1. The van der Waals surface area contributed by atoms with E-state index in [9.17, 15) is 18.0 Å². The van der Waals surface area contributed by atoms with Crippen LogP contribution in [0.5, 0.6) is 0 Å². The Kier molecular flexibility index (Phi) is 12.1. The molecular weight excluding hydrogens is 724 g/mol. The van der Waals surface area contributed by atoms with Gasteiger partial charge in [-0.25, -0.2) is 17.6 Å². The molecule has 0 spiro atoms. The predicted molar refractivity (Wildman–Crippen MR) is 208 cm³/mol. The SMILES string of the molecule is COC(=O)C[C@H]1CCC[C@@H]1[C@](CN1CCC1)(c1cccc(F)c1)C1CCN(CC2(OC)CN(c3ccc(S(=O)(=O)C4CCN(C(=O)OC)CC4)cc3)C2)CC1. The highest BCUT2D eigenvalue weighted by molar-refractivity contribution is 7.92. The molecule has 7 rings (SSSR count). The first-order valence-corrected chi connectivity index (χ1v) is 21.8. The minimum Gasteiger partial charge on any atom is -0.469 e. The summed E-state index contributed by atoms with van der Waals surface area (Å²) in [5.41, 5.74) is 1.47. The lowest BCUT2D eigenvalue weighted by atomic mass is 9.56. The molecule has 4 saturated heterocycles. The highest BCUT2D eigenvalue weighted by atomic mass is 32.2. The number of esters is 1. The van der Waals surface area contributed by atoms with E-state index in [1.54, 1.807) is 36.3 Å². The fourth-order valence-corrected chi connectivity index (χ4v) is 12.4. The van der Waals surface area contributed by atoms with E-state index in [1.807, 2.05) is 18.2 Å². The molecule has 0 N–H and O–H groups in total. The van der Waals surface area contributed by atoms with Gasteiger partial charge in [-0.05, 0) is 131 Å². The van der Waals surface area contributed by atoms with E-state index in [0.717, 1.165) is 82.6 Å². The third-order valence-corrected chi connectivity index (χ3v) is 16.1. The molecule has 5 fully saturated rings. The van der Waals surface area contributed by atoms with Gasteiger partial charge in [-0.1, -0.05) is 18.6 Å². The molecule has 0 unspecified atom stereocenters. The van der Waals surface area contributed by atoms with Gasteiger partial charge >= 0.3 is 12.1 Å². The number of hydrogen-bond donors (Lipinski definition) is 0. The highest BCUT2D eigenvalue weighted by Gasteiger charge is 2.53. The van der Waals surface area contributed by atoms with Crippen molar-refractivity contribution in [2.75, 3.05) is 91.7 Å². The summed E-state index contributed by atoms with van der Waals surface area (Å²) in [4.78, 5) is 33.7. The Balaban J connectivity index is 1.01.